The molecule has 0 atom stereocenters. The summed E-state index contributed by atoms with van der Waals surface area (Å²) in [7, 11) is -1.69. The number of pyridine rings is 1. The van der Waals surface area contributed by atoms with Gasteiger partial charge in [0, 0.05) is 6.20 Å². The molecule has 112 valence electrons. The zero-order valence-corrected chi connectivity index (χ0v) is 12.9. The number of likely N-dealkylation sites (N-methyl/N-ethyl adjacent to an activating group) is 1. The fourth-order valence-electron chi connectivity index (χ4n) is 1.93. The van der Waals surface area contributed by atoms with Crippen LogP contribution in [0.5, 0.6) is 0 Å². The number of benzene rings is 1. The SMILES string of the molecule is CNCCc1ccc(S(=O)(=O)Nc2cncc(C)c2)cc1. The molecule has 0 bridgehead atoms. The molecule has 0 fully saturated rings. The van der Waals surface area contributed by atoms with E-state index in [1.54, 1.807) is 24.4 Å². The van der Waals surface area contributed by atoms with E-state index in [-0.39, 0.29) is 4.90 Å². The van der Waals surface area contributed by atoms with Crippen molar-refractivity contribution in [1.82, 2.24) is 10.3 Å². The van der Waals surface area contributed by atoms with E-state index in [9.17, 15) is 8.42 Å². The molecule has 0 aliphatic carbocycles. The van der Waals surface area contributed by atoms with E-state index < -0.39 is 10.0 Å². The van der Waals surface area contributed by atoms with Crippen LogP contribution in [0.2, 0.25) is 0 Å². The summed E-state index contributed by atoms with van der Waals surface area (Å²) >= 11 is 0. The van der Waals surface area contributed by atoms with Crippen molar-refractivity contribution in [2.45, 2.75) is 18.2 Å². The molecule has 0 aliphatic heterocycles. The Kier molecular flexibility index (Phi) is 4.93. The van der Waals surface area contributed by atoms with Crippen LogP contribution in [-0.2, 0) is 16.4 Å². The molecule has 2 aromatic rings. The minimum absolute atomic E-state index is 0.247. The summed E-state index contributed by atoms with van der Waals surface area (Å²) in [6.45, 7) is 2.72. The number of anilines is 1. The molecule has 5 nitrogen and oxygen atoms in total. The lowest BCUT2D eigenvalue weighted by Gasteiger charge is -2.09. The molecule has 0 aliphatic rings. The van der Waals surface area contributed by atoms with Crippen LogP contribution < -0.4 is 10.0 Å². The minimum atomic E-state index is -3.57. The van der Waals surface area contributed by atoms with Crippen LogP contribution in [0.4, 0.5) is 5.69 Å². The van der Waals surface area contributed by atoms with Crippen LogP contribution in [0.3, 0.4) is 0 Å². The van der Waals surface area contributed by atoms with Crippen molar-refractivity contribution >= 4 is 15.7 Å². The molecule has 6 heteroatoms. The highest BCUT2D eigenvalue weighted by atomic mass is 32.2. The van der Waals surface area contributed by atoms with E-state index in [1.165, 1.54) is 6.20 Å². The van der Waals surface area contributed by atoms with Crippen molar-refractivity contribution in [3.63, 3.8) is 0 Å². The first-order chi connectivity index (χ1) is 10.0. The molecule has 0 amide bonds. The summed E-state index contributed by atoms with van der Waals surface area (Å²) in [5.41, 5.74) is 2.47. The fraction of sp³-hybridized carbons (Fsp3) is 0.267. The maximum absolute atomic E-state index is 12.3. The number of nitrogens with zero attached hydrogens (tertiary/aromatic N) is 1. The average molecular weight is 305 g/mol. The number of hydrogen-bond acceptors (Lipinski definition) is 4. The normalized spacial score (nSPS) is 11.3. The molecule has 2 rings (SSSR count). The summed E-state index contributed by atoms with van der Waals surface area (Å²) < 4.78 is 27.1. The molecule has 1 heterocycles. The van der Waals surface area contributed by atoms with E-state index in [2.05, 4.69) is 15.0 Å². The number of hydrogen-bond donors (Lipinski definition) is 2. The van der Waals surface area contributed by atoms with Gasteiger partial charge in [-0.1, -0.05) is 12.1 Å². The smallest absolute Gasteiger partial charge is 0.261 e. The lowest BCUT2D eigenvalue weighted by atomic mass is 10.1. The Morgan fingerprint density at radius 2 is 1.86 bits per heavy atom. The Hall–Kier alpha value is -1.92. The van der Waals surface area contributed by atoms with Crippen LogP contribution in [0.25, 0.3) is 0 Å². The topological polar surface area (TPSA) is 71.1 Å². The van der Waals surface area contributed by atoms with Gasteiger partial charge >= 0.3 is 0 Å². The molecule has 2 N–H and O–H groups in total. The standard InChI is InChI=1S/C15H19N3O2S/c1-12-9-14(11-17-10-12)18-21(19,20)15-5-3-13(4-6-15)7-8-16-2/h3-6,9-11,16,18H,7-8H2,1-2H3. The van der Waals surface area contributed by atoms with Gasteiger partial charge in [0.15, 0.2) is 0 Å². The second-order valence-corrected chi connectivity index (χ2v) is 6.54. The monoisotopic (exact) mass is 305 g/mol. The number of aryl methyl sites for hydroxylation is 1. The molecule has 0 spiro atoms. The van der Waals surface area contributed by atoms with Crippen LogP contribution >= 0.6 is 0 Å². The van der Waals surface area contributed by atoms with Gasteiger partial charge in [-0.05, 0) is 56.3 Å². The third-order valence-corrected chi connectivity index (χ3v) is 4.42. The molecular formula is C15H19N3O2S. The molecule has 0 unspecified atom stereocenters. The first-order valence-corrected chi connectivity index (χ1v) is 8.17. The molecular weight excluding hydrogens is 286 g/mol. The molecule has 0 saturated carbocycles. The van der Waals surface area contributed by atoms with E-state index >= 15 is 0 Å². The first-order valence-electron chi connectivity index (χ1n) is 6.69. The van der Waals surface area contributed by atoms with Crippen LogP contribution in [0.15, 0.2) is 47.6 Å². The number of rotatable bonds is 6. The Morgan fingerprint density at radius 3 is 2.48 bits per heavy atom. The van der Waals surface area contributed by atoms with Gasteiger partial charge in [-0.15, -0.1) is 0 Å². The maximum atomic E-state index is 12.3. The Labute approximate surface area is 125 Å². The lowest BCUT2D eigenvalue weighted by Crippen LogP contribution is -2.14. The van der Waals surface area contributed by atoms with Gasteiger partial charge in [-0.3, -0.25) is 9.71 Å². The lowest BCUT2D eigenvalue weighted by molar-refractivity contribution is 0.601. The van der Waals surface area contributed by atoms with Crippen molar-refractivity contribution in [1.29, 1.82) is 0 Å². The van der Waals surface area contributed by atoms with E-state index in [1.807, 2.05) is 26.1 Å². The first kappa shape index (κ1) is 15.5. The molecule has 21 heavy (non-hydrogen) atoms. The largest absolute Gasteiger partial charge is 0.319 e. The van der Waals surface area contributed by atoms with Gasteiger partial charge < -0.3 is 5.32 Å². The predicted molar refractivity (Wildman–Crippen MR) is 83.9 cm³/mol. The van der Waals surface area contributed by atoms with E-state index in [0.29, 0.717) is 5.69 Å². The highest BCUT2D eigenvalue weighted by molar-refractivity contribution is 7.92. The number of sulfonamides is 1. The zero-order chi connectivity index (χ0) is 15.3. The molecule has 0 radical (unpaired) electrons. The van der Waals surface area contributed by atoms with E-state index in [4.69, 9.17) is 0 Å². The summed E-state index contributed by atoms with van der Waals surface area (Å²) in [5, 5.41) is 3.06. The third-order valence-electron chi connectivity index (χ3n) is 3.02. The predicted octanol–water partition coefficient (Wildman–Crippen LogP) is 1.95. The van der Waals surface area contributed by atoms with Crippen molar-refractivity contribution in [2.75, 3.05) is 18.3 Å². The summed E-state index contributed by atoms with van der Waals surface area (Å²) in [6, 6.07) is 8.65. The van der Waals surface area contributed by atoms with Crippen molar-refractivity contribution in [3.05, 3.63) is 53.9 Å². The highest BCUT2D eigenvalue weighted by Crippen LogP contribution is 2.16. The van der Waals surface area contributed by atoms with E-state index in [0.717, 1.165) is 24.1 Å². The van der Waals surface area contributed by atoms with Gasteiger partial charge in [0.05, 0.1) is 16.8 Å². The van der Waals surface area contributed by atoms with Gasteiger partial charge in [0.2, 0.25) is 0 Å². The summed E-state index contributed by atoms with van der Waals surface area (Å²) in [6.07, 6.45) is 4.03. The maximum Gasteiger partial charge on any atom is 0.261 e. The number of nitrogens with one attached hydrogen (secondary N) is 2. The van der Waals surface area contributed by atoms with Gasteiger partial charge in [0.25, 0.3) is 10.0 Å². The second-order valence-electron chi connectivity index (χ2n) is 4.85. The van der Waals surface area contributed by atoms with Crippen molar-refractivity contribution in [2.24, 2.45) is 0 Å². The molecule has 0 saturated heterocycles. The molecule has 1 aromatic carbocycles. The summed E-state index contributed by atoms with van der Waals surface area (Å²) in [4.78, 5) is 4.22. The van der Waals surface area contributed by atoms with Crippen molar-refractivity contribution in [3.8, 4) is 0 Å². The number of aromatic nitrogens is 1. The fourth-order valence-corrected chi connectivity index (χ4v) is 2.96. The van der Waals surface area contributed by atoms with Crippen LogP contribution in [0.1, 0.15) is 11.1 Å². The third kappa shape index (κ3) is 4.27. The van der Waals surface area contributed by atoms with Crippen LogP contribution in [0, 0.1) is 6.92 Å². The quantitative estimate of drug-likeness (QED) is 0.856. The summed E-state index contributed by atoms with van der Waals surface area (Å²) in [5.74, 6) is 0. The van der Waals surface area contributed by atoms with Crippen LogP contribution in [-0.4, -0.2) is 27.0 Å². The Balaban J connectivity index is 2.15. The second kappa shape index (κ2) is 6.69. The van der Waals surface area contributed by atoms with Gasteiger partial charge in [-0.25, -0.2) is 8.42 Å². The van der Waals surface area contributed by atoms with Crippen molar-refractivity contribution < 1.29 is 8.42 Å². The minimum Gasteiger partial charge on any atom is -0.319 e. The zero-order valence-electron chi connectivity index (χ0n) is 12.1. The van der Waals surface area contributed by atoms with Gasteiger partial charge in [-0.2, -0.15) is 0 Å². The molecule has 1 aromatic heterocycles. The highest BCUT2D eigenvalue weighted by Gasteiger charge is 2.14. The Bertz CT molecular complexity index is 697. The average Bonchev–Trinajstić information content (AvgIpc) is 2.45. The van der Waals surface area contributed by atoms with Gasteiger partial charge in [0.1, 0.15) is 0 Å². The Morgan fingerprint density at radius 1 is 1.14 bits per heavy atom.